The topological polar surface area (TPSA) is 57.7 Å². The van der Waals surface area contributed by atoms with Crippen molar-refractivity contribution in [2.75, 3.05) is 25.5 Å². The summed E-state index contributed by atoms with van der Waals surface area (Å²) in [4.78, 5) is 21.4. The summed E-state index contributed by atoms with van der Waals surface area (Å²) in [5.74, 6) is 0.873. The lowest BCUT2D eigenvalue weighted by atomic mass is 10.0. The molecule has 1 aromatic heterocycles. The molecule has 3 aliphatic rings. The van der Waals surface area contributed by atoms with Gasteiger partial charge in [-0.2, -0.15) is 0 Å². The monoisotopic (exact) mass is 452 g/mol. The van der Waals surface area contributed by atoms with E-state index in [1.54, 1.807) is 11.1 Å². The SMILES string of the molecule is CN1[C@@H]2CC[C@H]1CC(Oc1ccc(NC(=O)N3CC=C(c4ccc(Cl)cn4)CC3)cc1)C2. The van der Waals surface area contributed by atoms with Crippen LogP contribution in [0.25, 0.3) is 5.57 Å². The van der Waals surface area contributed by atoms with Crippen LogP contribution in [-0.2, 0) is 0 Å². The fourth-order valence-electron chi connectivity index (χ4n) is 5.12. The molecule has 1 N–H and O–H groups in total. The van der Waals surface area contributed by atoms with E-state index in [0.29, 0.717) is 30.2 Å². The zero-order valence-corrected chi connectivity index (χ0v) is 19.1. The van der Waals surface area contributed by atoms with Gasteiger partial charge in [0.1, 0.15) is 11.9 Å². The number of nitrogens with zero attached hydrogens (tertiary/aromatic N) is 3. The minimum absolute atomic E-state index is 0.0927. The summed E-state index contributed by atoms with van der Waals surface area (Å²) >= 11 is 5.92. The average molecular weight is 453 g/mol. The first kappa shape index (κ1) is 21.3. The van der Waals surface area contributed by atoms with Gasteiger partial charge in [0.15, 0.2) is 0 Å². The number of halogens is 1. The van der Waals surface area contributed by atoms with E-state index >= 15 is 0 Å². The molecular formula is C25H29ClN4O2. The quantitative estimate of drug-likeness (QED) is 0.704. The van der Waals surface area contributed by atoms with E-state index in [4.69, 9.17) is 16.3 Å². The number of pyridine rings is 1. The molecular weight excluding hydrogens is 424 g/mol. The predicted octanol–water partition coefficient (Wildman–Crippen LogP) is 5.06. The standard InChI is InChI=1S/C25H29ClN4O2/c1-29-20-5-6-21(29)15-23(14-20)32-22-7-3-19(4-8-22)28-25(31)30-12-10-17(11-13-30)24-9-2-18(26)16-27-24/h2-4,7-10,16,20-21,23H,5-6,11-15H2,1H3,(H,28,31)/t20-,21+,23?. The molecule has 2 amide bonds. The number of fused-ring (bicyclic) bond motifs is 2. The van der Waals surface area contributed by atoms with Gasteiger partial charge in [0.2, 0.25) is 0 Å². The van der Waals surface area contributed by atoms with Crippen molar-refractivity contribution in [3.63, 3.8) is 0 Å². The molecule has 1 aromatic carbocycles. The Bertz CT molecular complexity index is 978. The number of carbonyl (C=O) groups excluding carboxylic acids is 1. The Morgan fingerprint density at radius 3 is 2.50 bits per heavy atom. The Labute approximate surface area is 194 Å². The zero-order chi connectivity index (χ0) is 22.1. The van der Waals surface area contributed by atoms with Crippen molar-refractivity contribution in [1.82, 2.24) is 14.8 Å². The van der Waals surface area contributed by atoms with E-state index in [0.717, 1.165) is 42.0 Å². The van der Waals surface area contributed by atoms with Gasteiger partial charge in [-0.15, -0.1) is 0 Å². The van der Waals surface area contributed by atoms with Gasteiger partial charge in [0, 0.05) is 37.1 Å². The molecule has 3 aliphatic heterocycles. The molecule has 0 aliphatic carbocycles. The van der Waals surface area contributed by atoms with Gasteiger partial charge >= 0.3 is 6.03 Å². The fourth-order valence-corrected chi connectivity index (χ4v) is 5.23. The van der Waals surface area contributed by atoms with Crippen molar-refractivity contribution < 1.29 is 9.53 Å². The van der Waals surface area contributed by atoms with Crippen LogP contribution in [-0.4, -0.2) is 59.1 Å². The minimum Gasteiger partial charge on any atom is -0.490 e. The summed E-state index contributed by atoms with van der Waals surface area (Å²) in [7, 11) is 2.24. The number of amides is 2. The molecule has 0 radical (unpaired) electrons. The lowest BCUT2D eigenvalue weighted by Crippen LogP contribution is -2.43. The molecule has 5 rings (SSSR count). The highest BCUT2D eigenvalue weighted by molar-refractivity contribution is 6.30. The molecule has 3 atom stereocenters. The van der Waals surface area contributed by atoms with Crippen molar-refractivity contribution in [3.8, 4) is 5.75 Å². The molecule has 1 unspecified atom stereocenters. The fraction of sp³-hybridized carbons (Fsp3) is 0.440. The van der Waals surface area contributed by atoms with Crippen molar-refractivity contribution in [1.29, 1.82) is 0 Å². The van der Waals surface area contributed by atoms with E-state index in [9.17, 15) is 4.79 Å². The van der Waals surface area contributed by atoms with Gasteiger partial charge < -0.3 is 19.9 Å². The summed E-state index contributed by atoms with van der Waals surface area (Å²) in [6.07, 6.45) is 9.54. The smallest absolute Gasteiger partial charge is 0.322 e. The number of nitrogens with one attached hydrogen (secondary N) is 1. The van der Waals surface area contributed by atoms with E-state index in [2.05, 4.69) is 28.3 Å². The van der Waals surface area contributed by atoms with E-state index in [1.165, 1.54) is 12.8 Å². The molecule has 2 saturated heterocycles. The average Bonchev–Trinajstić information content (AvgIpc) is 3.01. The normalized spacial score (nSPS) is 25.4. The molecule has 4 heterocycles. The van der Waals surface area contributed by atoms with Crippen LogP contribution >= 0.6 is 11.6 Å². The first-order chi connectivity index (χ1) is 15.5. The third-order valence-corrected chi connectivity index (χ3v) is 7.24. The lowest BCUT2D eigenvalue weighted by molar-refractivity contribution is 0.0662. The van der Waals surface area contributed by atoms with Crippen LogP contribution in [0.2, 0.25) is 5.02 Å². The largest absolute Gasteiger partial charge is 0.490 e. The minimum atomic E-state index is -0.0927. The van der Waals surface area contributed by atoms with Crippen LogP contribution < -0.4 is 10.1 Å². The van der Waals surface area contributed by atoms with Crippen LogP contribution in [0, 0.1) is 0 Å². The highest BCUT2D eigenvalue weighted by atomic mass is 35.5. The Balaban J connectivity index is 1.13. The number of hydrogen-bond acceptors (Lipinski definition) is 4. The molecule has 168 valence electrons. The molecule has 2 fully saturated rings. The summed E-state index contributed by atoms with van der Waals surface area (Å²) in [5, 5.41) is 3.62. The molecule has 7 heteroatoms. The first-order valence-electron chi connectivity index (χ1n) is 11.4. The van der Waals surface area contributed by atoms with Crippen molar-refractivity contribution in [3.05, 3.63) is 59.4 Å². The van der Waals surface area contributed by atoms with Gasteiger partial charge in [-0.1, -0.05) is 17.7 Å². The zero-order valence-electron chi connectivity index (χ0n) is 18.3. The van der Waals surface area contributed by atoms with Crippen LogP contribution in [0.1, 0.15) is 37.8 Å². The highest BCUT2D eigenvalue weighted by Crippen LogP contribution is 2.36. The van der Waals surface area contributed by atoms with Crippen molar-refractivity contribution in [2.24, 2.45) is 0 Å². The number of benzene rings is 1. The maximum absolute atomic E-state index is 12.7. The number of rotatable bonds is 4. The third kappa shape index (κ3) is 4.62. The molecule has 32 heavy (non-hydrogen) atoms. The van der Waals surface area contributed by atoms with Crippen LogP contribution in [0.15, 0.2) is 48.7 Å². The lowest BCUT2D eigenvalue weighted by Gasteiger charge is -2.36. The van der Waals surface area contributed by atoms with Crippen LogP contribution in [0.5, 0.6) is 5.75 Å². The van der Waals surface area contributed by atoms with Crippen LogP contribution in [0.3, 0.4) is 0 Å². The molecule has 0 spiro atoms. The number of anilines is 1. The van der Waals surface area contributed by atoms with Gasteiger partial charge in [-0.25, -0.2) is 4.79 Å². The summed E-state index contributed by atoms with van der Waals surface area (Å²) < 4.78 is 6.25. The second-order valence-corrected chi connectivity index (χ2v) is 9.44. The number of ether oxygens (including phenoxy) is 1. The van der Waals surface area contributed by atoms with Gasteiger partial charge in [0.25, 0.3) is 0 Å². The molecule has 6 nitrogen and oxygen atoms in total. The number of urea groups is 1. The maximum atomic E-state index is 12.7. The van der Waals surface area contributed by atoms with Crippen LogP contribution in [0.4, 0.5) is 10.5 Å². The second-order valence-electron chi connectivity index (χ2n) is 9.00. The van der Waals surface area contributed by atoms with E-state index in [-0.39, 0.29) is 12.1 Å². The van der Waals surface area contributed by atoms with E-state index < -0.39 is 0 Å². The van der Waals surface area contributed by atoms with Gasteiger partial charge in [0.05, 0.1) is 10.7 Å². The maximum Gasteiger partial charge on any atom is 0.322 e. The van der Waals surface area contributed by atoms with Gasteiger partial charge in [-0.05, 0) is 81.1 Å². The Hall–Kier alpha value is -2.57. The summed E-state index contributed by atoms with van der Waals surface area (Å²) in [6, 6.07) is 12.7. The predicted molar refractivity (Wildman–Crippen MR) is 127 cm³/mol. The van der Waals surface area contributed by atoms with E-state index in [1.807, 2.05) is 36.4 Å². The van der Waals surface area contributed by atoms with Crippen molar-refractivity contribution in [2.45, 2.75) is 50.3 Å². The molecule has 2 bridgehead atoms. The number of piperidine rings is 1. The highest BCUT2D eigenvalue weighted by Gasteiger charge is 2.39. The second kappa shape index (κ2) is 9.12. The number of carbonyl (C=O) groups is 1. The summed E-state index contributed by atoms with van der Waals surface area (Å²) in [5.41, 5.74) is 2.84. The Morgan fingerprint density at radius 1 is 1.12 bits per heavy atom. The number of hydrogen-bond donors (Lipinski definition) is 1. The Morgan fingerprint density at radius 2 is 1.88 bits per heavy atom. The molecule has 2 aromatic rings. The molecule has 0 saturated carbocycles. The third-order valence-electron chi connectivity index (χ3n) is 7.02. The summed E-state index contributed by atoms with van der Waals surface area (Å²) in [6.45, 7) is 1.22. The number of aromatic nitrogens is 1. The van der Waals surface area contributed by atoms with Gasteiger partial charge in [-0.3, -0.25) is 4.98 Å². The first-order valence-corrected chi connectivity index (χ1v) is 11.8. The Kier molecular flexibility index (Phi) is 6.07. The van der Waals surface area contributed by atoms with Crippen molar-refractivity contribution >= 4 is 28.9 Å².